The summed E-state index contributed by atoms with van der Waals surface area (Å²) in [6.45, 7) is 2.11. The van der Waals surface area contributed by atoms with Crippen LogP contribution < -0.4 is 5.32 Å². The highest BCUT2D eigenvalue weighted by molar-refractivity contribution is 5.94. The number of rotatable bonds is 5. The van der Waals surface area contributed by atoms with E-state index in [-0.39, 0.29) is 11.6 Å². The second kappa shape index (κ2) is 8.79. The molecule has 31 heavy (non-hydrogen) atoms. The van der Waals surface area contributed by atoms with Crippen molar-refractivity contribution in [1.82, 2.24) is 9.88 Å². The highest BCUT2D eigenvalue weighted by Gasteiger charge is 2.18. The SMILES string of the molecule is N#Cc1cc(NCc2ccc(C(=O)N3CCCCC3)cc2)nc2ccc([N+](=O)[O-])cc12. The molecular formula is C23H21N5O3. The Balaban J connectivity index is 1.47. The van der Waals surface area contributed by atoms with Gasteiger partial charge in [-0.1, -0.05) is 12.1 Å². The number of nitro groups is 1. The Bertz CT molecular complexity index is 1180. The Morgan fingerprint density at radius 1 is 1.13 bits per heavy atom. The fraction of sp³-hybridized carbons (Fsp3) is 0.261. The van der Waals surface area contributed by atoms with E-state index in [2.05, 4.69) is 16.4 Å². The van der Waals surface area contributed by atoms with E-state index in [1.807, 2.05) is 29.2 Å². The van der Waals surface area contributed by atoms with Crippen LogP contribution in [0.1, 0.15) is 40.7 Å². The quantitative estimate of drug-likeness (QED) is 0.492. The van der Waals surface area contributed by atoms with Crippen molar-refractivity contribution in [2.24, 2.45) is 0 Å². The summed E-state index contributed by atoms with van der Waals surface area (Å²) in [5, 5.41) is 24.1. The van der Waals surface area contributed by atoms with Gasteiger partial charge in [0.2, 0.25) is 0 Å². The molecule has 1 amide bonds. The number of carbonyl (C=O) groups is 1. The van der Waals surface area contributed by atoms with Crippen molar-refractivity contribution in [2.45, 2.75) is 25.8 Å². The lowest BCUT2D eigenvalue weighted by Crippen LogP contribution is -2.35. The van der Waals surface area contributed by atoms with Crippen molar-refractivity contribution in [3.8, 4) is 6.07 Å². The van der Waals surface area contributed by atoms with Gasteiger partial charge in [-0.3, -0.25) is 14.9 Å². The first-order valence-electron chi connectivity index (χ1n) is 10.2. The standard InChI is InChI=1S/C23H21N5O3/c24-14-18-12-22(26-21-9-8-19(28(30)31)13-20(18)21)25-15-16-4-6-17(7-5-16)23(29)27-10-2-1-3-11-27/h4-9,12-13H,1-3,10-11,15H2,(H,25,26). The maximum absolute atomic E-state index is 12.6. The number of non-ortho nitro benzene ring substituents is 1. The van der Waals surface area contributed by atoms with Gasteiger partial charge in [-0.15, -0.1) is 0 Å². The van der Waals surface area contributed by atoms with Crippen LogP contribution in [0.3, 0.4) is 0 Å². The van der Waals surface area contributed by atoms with Gasteiger partial charge in [-0.2, -0.15) is 5.26 Å². The number of pyridine rings is 1. The lowest BCUT2D eigenvalue weighted by Gasteiger charge is -2.26. The molecule has 0 saturated carbocycles. The van der Waals surface area contributed by atoms with Gasteiger partial charge >= 0.3 is 0 Å². The number of fused-ring (bicyclic) bond motifs is 1. The first kappa shape index (κ1) is 20.3. The zero-order chi connectivity index (χ0) is 21.8. The molecule has 0 atom stereocenters. The van der Waals surface area contributed by atoms with Crippen LogP contribution >= 0.6 is 0 Å². The first-order chi connectivity index (χ1) is 15.0. The molecule has 1 aromatic heterocycles. The number of nitriles is 1. The largest absolute Gasteiger partial charge is 0.366 e. The van der Waals surface area contributed by atoms with Crippen LogP contribution in [-0.2, 0) is 6.54 Å². The van der Waals surface area contributed by atoms with Gasteiger partial charge in [0.15, 0.2) is 0 Å². The van der Waals surface area contributed by atoms with Crippen LogP contribution in [0.25, 0.3) is 10.9 Å². The maximum Gasteiger partial charge on any atom is 0.270 e. The van der Waals surface area contributed by atoms with Crippen molar-refractivity contribution >= 4 is 28.3 Å². The van der Waals surface area contributed by atoms with Crippen molar-refractivity contribution < 1.29 is 9.72 Å². The van der Waals surface area contributed by atoms with Crippen molar-refractivity contribution in [2.75, 3.05) is 18.4 Å². The molecule has 0 radical (unpaired) electrons. The number of benzene rings is 2. The number of likely N-dealkylation sites (tertiary alicyclic amines) is 1. The fourth-order valence-electron chi connectivity index (χ4n) is 3.75. The number of hydrogen-bond acceptors (Lipinski definition) is 6. The van der Waals surface area contributed by atoms with Gasteiger partial charge in [0.25, 0.3) is 11.6 Å². The molecule has 1 fully saturated rings. The number of aromatic nitrogens is 1. The topological polar surface area (TPSA) is 112 Å². The minimum absolute atomic E-state index is 0.0724. The fourth-order valence-corrected chi connectivity index (χ4v) is 3.75. The number of anilines is 1. The van der Waals surface area contributed by atoms with Crippen molar-refractivity contribution in [3.63, 3.8) is 0 Å². The zero-order valence-electron chi connectivity index (χ0n) is 16.9. The smallest absolute Gasteiger partial charge is 0.270 e. The number of piperidine rings is 1. The van der Waals surface area contributed by atoms with E-state index in [1.54, 1.807) is 12.1 Å². The second-order valence-corrected chi connectivity index (χ2v) is 7.53. The summed E-state index contributed by atoms with van der Waals surface area (Å²) in [7, 11) is 0. The summed E-state index contributed by atoms with van der Waals surface area (Å²) in [6.07, 6.45) is 3.30. The molecule has 2 aromatic carbocycles. The highest BCUT2D eigenvalue weighted by Crippen LogP contribution is 2.25. The van der Waals surface area contributed by atoms with Crippen molar-refractivity contribution in [3.05, 3.63) is 75.3 Å². The van der Waals surface area contributed by atoms with Crippen LogP contribution in [0.15, 0.2) is 48.5 Å². The Morgan fingerprint density at radius 3 is 2.55 bits per heavy atom. The summed E-state index contributed by atoms with van der Waals surface area (Å²) in [5.74, 6) is 0.578. The molecule has 3 aromatic rings. The van der Waals surface area contributed by atoms with E-state index < -0.39 is 4.92 Å². The van der Waals surface area contributed by atoms with E-state index in [0.717, 1.165) is 31.5 Å². The summed E-state index contributed by atoms with van der Waals surface area (Å²) < 4.78 is 0. The lowest BCUT2D eigenvalue weighted by molar-refractivity contribution is -0.384. The molecule has 0 spiro atoms. The van der Waals surface area contributed by atoms with E-state index in [0.29, 0.717) is 34.4 Å². The summed E-state index contributed by atoms with van der Waals surface area (Å²) in [6, 6.07) is 15.4. The van der Waals surface area contributed by atoms with Crippen LogP contribution in [-0.4, -0.2) is 33.8 Å². The Kier molecular flexibility index (Phi) is 5.76. The molecule has 0 aliphatic carbocycles. The molecule has 1 aliphatic rings. The van der Waals surface area contributed by atoms with Crippen LogP contribution in [0.4, 0.5) is 11.5 Å². The second-order valence-electron chi connectivity index (χ2n) is 7.53. The van der Waals surface area contributed by atoms with Gasteiger partial charge in [-0.25, -0.2) is 4.98 Å². The average Bonchev–Trinajstić information content (AvgIpc) is 2.82. The zero-order valence-corrected chi connectivity index (χ0v) is 16.9. The molecule has 0 unspecified atom stereocenters. The molecular weight excluding hydrogens is 394 g/mol. The molecule has 8 heteroatoms. The number of hydrogen-bond donors (Lipinski definition) is 1. The van der Waals surface area contributed by atoms with Gasteiger partial charge in [-0.05, 0) is 49.1 Å². The van der Waals surface area contributed by atoms with Crippen molar-refractivity contribution in [1.29, 1.82) is 5.26 Å². The number of nitrogens with zero attached hydrogens (tertiary/aromatic N) is 4. The van der Waals surface area contributed by atoms with Crippen LogP contribution in [0, 0.1) is 21.4 Å². The molecule has 8 nitrogen and oxygen atoms in total. The molecule has 0 bridgehead atoms. The molecule has 156 valence electrons. The predicted molar refractivity (Wildman–Crippen MR) is 117 cm³/mol. The normalized spacial score (nSPS) is 13.6. The van der Waals surface area contributed by atoms with Crippen LogP contribution in [0.5, 0.6) is 0 Å². The van der Waals surface area contributed by atoms with Gasteiger partial charge in [0.05, 0.1) is 22.1 Å². The Labute approximate surface area is 179 Å². The predicted octanol–water partition coefficient (Wildman–Crippen LogP) is 4.25. The molecule has 2 heterocycles. The Hall–Kier alpha value is -3.99. The summed E-state index contributed by atoms with van der Waals surface area (Å²) in [5.41, 5.74) is 2.40. The first-order valence-corrected chi connectivity index (χ1v) is 10.2. The van der Waals surface area contributed by atoms with Crippen LogP contribution in [0.2, 0.25) is 0 Å². The van der Waals surface area contributed by atoms with E-state index in [1.165, 1.54) is 18.6 Å². The average molecular weight is 415 g/mol. The maximum atomic E-state index is 12.6. The third-order valence-corrected chi connectivity index (χ3v) is 5.44. The molecule has 1 N–H and O–H groups in total. The Morgan fingerprint density at radius 2 is 1.87 bits per heavy atom. The minimum atomic E-state index is -0.494. The monoisotopic (exact) mass is 415 g/mol. The van der Waals surface area contributed by atoms with E-state index in [4.69, 9.17) is 0 Å². The minimum Gasteiger partial charge on any atom is -0.366 e. The highest BCUT2D eigenvalue weighted by atomic mass is 16.6. The van der Waals surface area contributed by atoms with Gasteiger partial charge < -0.3 is 10.2 Å². The third kappa shape index (κ3) is 4.46. The molecule has 1 saturated heterocycles. The number of nitro benzene ring substituents is 1. The summed E-state index contributed by atoms with van der Waals surface area (Å²) in [4.78, 5) is 29.4. The third-order valence-electron chi connectivity index (χ3n) is 5.44. The van der Waals surface area contributed by atoms with Gasteiger partial charge in [0, 0.05) is 42.7 Å². The number of carbonyl (C=O) groups excluding carboxylic acids is 1. The number of nitrogens with one attached hydrogen (secondary N) is 1. The van der Waals surface area contributed by atoms with E-state index >= 15 is 0 Å². The lowest BCUT2D eigenvalue weighted by atomic mass is 10.1. The molecule has 4 rings (SSSR count). The number of amides is 1. The summed E-state index contributed by atoms with van der Waals surface area (Å²) >= 11 is 0. The van der Waals surface area contributed by atoms with E-state index in [9.17, 15) is 20.2 Å². The van der Waals surface area contributed by atoms with Gasteiger partial charge in [0.1, 0.15) is 5.82 Å². The molecule has 1 aliphatic heterocycles.